The molecule has 4 N–H and O–H groups in total. The number of aliphatic hydroxyl groups excluding tert-OH is 1. The van der Waals surface area contributed by atoms with Gasteiger partial charge in [-0.1, -0.05) is 25.1 Å². The Kier molecular flexibility index (Phi) is 6.42. The Labute approximate surface area is 253 Å². The summed E-state index contributed by atoms with van der Waals surface area (Å²) in [6, 6.07) is 13.7. The van der Waals surface area contributed by atoms with Crippen molar-refractivity contribution in [2.75, 3.05) is 13.1 Å². The molecule has 10 nitrogen and oxygen atoms in total. The third-order valence-corrected chi connectivity index (χ3v) is 9.69. The fourth-order valence-corrected chi connectivity index (χ4v) is 7.03. The van der Waals surface area contributed by atoms with E-state index in [9.17, 15) is 9.90 Å². The average Bonchev–Trinajstić information content (AvgIpc) is 3.63. The second-order valence-electron chi connectivity index (χ2n) is 12.2. The fourth-order valence-electron chi connectivity index (χ4n) is 7.03. The maximum Gasteiger partial charge on any atom is 0.279 e. The lowest BCUT2D eigenvalue weighted by Crippen LogP contribution is -2.43. The lowest BCUT2D eigenvalue weighted by atomic mass is 9.74. The van der Waals surface area contributed by atoms with E-state index < -0.39 is 0 Å². The maximum absolute atomic E-state index is 13.7. The summed E-state index contributed by atoms with van der Waals surface area (Å²) in [5.41, 5.74) is 7.24. The summed E-state index contributed by atoms with van der Waals surface area (Å²) in [7, 11) is 0. The molecule has 1 aliphatic heterocycles. The summed E-state index contributed by atoms with van der Waals surface area (Å²) >= 11 is 0. The van der Waals surface area contributed by atoms with Gasteiger partial charge in [-0.3, -0.25) is 9.89 Å². The zero-order chi connectivity index (χ0) is 29.8. The minimum absolute atomic E-state index is 0.0200. The molecule has 8 rings (SSSR count). The third-order valence-electron chi connectivity index (χ3n) is 9.69. The SMILES string of the molecule is CC[C@@]1(c2[nH]ncc2-c2cc3c(-c4cccc(-n5ncc6cc(C7CC7)ccc6c5=O)c4CO)ncnc3[nH]2)CCCNC1. The van der Waals surface area contributed by atoms with Gasteiger partial charge in [0.2, 0.25) is 0 Å². The van der Waals surface area contributed by atoms with E-state index in [1.807, 2.05) is 30.5 Å². The van der Waals surface area contributed by atoms with Crippen LogP contribution in [0.5, 0.6) is 0 Å². The predicted molar refractivity (Wildman–Crippen MR) is 170 cm³/mol. The molecule has 1 aliphatic carbocycles. The number of nitrogens with one attached hydrogen (secondary N) is 3. The summed E-state index contributed by atoms with van der Waals surface area (Å²) in [6.45, 7) is 3.88. The van der Waals surface area contributed by atoms with E-state index in [1.165, 1.54) is 29.4 Å². The van der Waals surface area contributed by atoms with Gasteiger partial charge in [0.1, 0.15) is 12.0 Å². The molecule has 2 aromatic carbocycles. The molecule has 0 amide bonds. The van der Waals surface area contributed by atoms with Gasteiger partial charge in [-0.15, -0.1) is 0 Å². The molecule has 4 aromatic heterocycles. The van der Waals surface area contributed by atoms with Crippen molar-refractivity contribution in [2.45, 2.75) is 57.0 Å². The number of aliphatic hydroxyl groups is 1. The summed E-state index contributed by atoms with van der Waals surface area (Å²) in [5.74, 6) is 0.593. The molecule has 222 valence electrons. The van der Waals surface area contributed by atoms with Crippen LogP contribution in [-0.4, -0.2) is 53.1 Å². The van der Waals surface area contributed by atoms with Gasteiger partial charge in [0.05, 0.1) is 47.2 Å². The highest BCUT2D eigenvalue weighted by Crippen LogP contribution is 2.41. The highest BCUT2D eigenvalue weighted by molar-refractivity contribution is 5.95. The molecule has 1 saturated carbocycles. The molecule has 10 heteroatoms. The van der Waals surface area contributed by atoms with E-state index in [-0.39, 0.29) is 17.6 Å². The second kappa shape index (κ2) is 10.5. The molecule has 1 saturated heterocycles. The second-order valence-corrected chi connectivity index (χ2v) is 12.2. The number of fused-ring (bicyclic) bond motifs is 2. The molecule has 2 aliphatic rings. The predicted octanol–water partition coefficient (Wildman–Crippen LogP) is 5.12. The van der Waals surface area contributed by atoms with Crippen LogP contribution in [0.1, 0.15) is 61.8 Å². The number of benzene rings is 2. The quantitative estimate of drug-likeness (QED) is 0.204. The first-order valence-corrected chi connectivity index (χ1v) is 15.4. The number of hydrogen-bond donors (Lipinski definition) is 4. The van der Waals surface area contributed by atoms with E-state index in [0.717, 1.165) is 65.6 Å². The van der Waals surface area contributed by atoms with Crippen molar-refractivity contribution in [2.24, 2.45) is 0 Å². The van der Waals surface area contributed by atoms with E-state index in [4.69, 9.17) is 0 Å². The third kappa shape index (κ3) is 4.28. The Hall–Kier alpha value is -4.67. The first kappa shape index (κ1) is 26.9. The van der Waals surface area contributed by atoms with E-state index in [1.54, 1.807) is 6.20 Å². The Balaban J connectivity index is 1.23. The van der Waals surface area contributed by atoms with Crippen molar-refractivity contribution < 1.29 is 5.11 Å². The van der Waals surface area contributed by atoms with Crippen LogP contribution < -0.4 is 10.9 Å². The van der Waals surface area contributed by atoms with Crippen molar-refractivity contribution in [3.63, 3.8) is 0 Å². The van der Waals surface area contributed by atoms with Crippen LogP contribution in [0.3, 0.4) is 0 Å². The molecule has 0 radical (unpaired) electrons. The molecule has 0 bridgehead atoms. The molecule has 0 spiro atoms. The fraction of sp³-hybridized carbons (Fsp3) is 0.324. The molecular weight excluding hydrogens is 552 g/mol. The molecule has 1 atom stereocenters. The molecule has 5 heterocycles. The maximum atomic E-state index is 13.7. The Morgan fingerprint density at radius 3 is 2.77 bits per heavy atom. The molecule has 6 aromatic rings. The highest BCUT2D eigenvalue weighted by atomic mass is 16.3. The number of hydrogen-bond acceptors (Lipinski definition) is 7. The van der Waals surface area contributed by atoms with E-state index in [0.29, 0.717) is 33.9 Å². The van der Waals surface area contributed by atoms with Crippen LogP contribution in [0.25, 0.3) is 50.0 Å². The van der Waals surface area contributed by atoms with Crippen molar-refractivity contribution >= 4 is 21.8 Å². The number of aromatic nitrogens is 7. The number of nitrogens with zero attached hydrogens (tertiary/aromatic N) is 5. The minimum atomic E-state index is -0.293. The first-order chi connectivity index (χ1) is 21.6. The van der Waals surface area contributed by atoms with Gasteiger partial charge in [-0.05, 0) is 74.4 Å². The van der Waals surface area contributed by atoms with Gasteiger partial charge in [-0.2, -0.15) is 14.9 Å². The van der Waals surface area contributed by atoms with Gasteiger partial charge in [0, 0.05) is 39.4 Å². The Morgan fingerprint density at radius 2 is 1.98 bits per heavy atom. The monoisotopic (exact) mass is 586 g/mol. The minimum Gasteiger partial charge on any atom is -0.392 e. The number of piperidine rings is 1. The lowest BCUT2D eigenvalue weighted by Gasteiger charge is -2.36. The average molecular weight is 587 g/mol. The first-order valence-electron chi connectivity index (χ1n) is 15.4. The van der Waals surface area contributed by atoms with Crippen molar-refractivity contribution in [3.8, 4) is 28.2 Å². The highest BCUT2D eigenvalue weighted by Gasteiger charge is 2.36. The summed E-state index contributed by atoms with van der Waals surface area (Å²) in [6.07, 6.45) is 10.7. The van der Waals surface area contributed by atoms with Crippen LogP contribution in [0.15, 0.2) is 66.0 Å². The van der Waals surface area contributed by atoms with Crippen LogP contribution in [0, 0.1) is 0 Å². The summed E-state index contributed by atoms with van der Waals surface area (Å²) in [4.78, 5) is 26.4. The molecule has 44 heavy (non-hydrogen) atoms. The Bertz CT molecular complexity index is 2080. The number of rotatable bonds is 7. The normalized spacial score (nSPS) is 18.8. The number of aromatic amines is 2. The summed E-state index contributed by atoms with van der Waals surface area (Å²) < 4.78 is 1.38. The van der Waals surface area contributed by atoms with E-state index in [2.05, 4.69) is 60.7 Å². The van der Waals surface area contributed by atoms with Gasteiger partial charge >= 0.3 is 0 Å². The van der Waals surface area contributed by atoms with Crippen LogP contribution >= 0.6 is 0 Å². The van der Waals surface area contributed by atoms with Crippen LogP contribution in [0.2, 0.25) is 0 Å². The molecule has 2 fully saturated rings. The van der Waals surface area contributed by atoms with E-state index >= 15 is 0 Å². The Morgan fingerprint density at radius 1 is 1.07 bits per heavy atom. The van der Waals surface area contributed by atoms with Gasteiger partial charge in [-0.25, -0.2) is 9.97 Å². The topological polar surface area (TPSA) is 137 Å². The van der Waals surface area contributed by atoms with Crippen LogP contribution in [-0.2, 0) is 12.0 Å². The molecular formula is C34H34N8O2. The van der Waals surface area contributed by atoms with Crippen molar-refractivity contribution in [1.29, 1.82) is 0 Å². The van der Waals surface area contributed by atoms with Gasteiger partial charge in [0.25, 0.3) is 5.56 Å². The lowest BCUT2D eigenvalue weighted by molar-refractivity contribution is 0.281. The van der Waals surface area contributed by atoms with Gasteiger partial charge < -0.3 is 15.4 Å². The molecule has 0 unspecified atom stereocenters. The zero-order valence-electron chi connectivity index (χ0n) is 24.6. The van der Waals surface area contributed by atoms with Crippen LogP contribution in [0.4, 0.5) is 0 Å². The zero-order valence-corrected chi connectivity index (χ0v) is 24.6. The largest absolute Gasteiger partial charge is 0.392 e. The smallest absolute Gasteiger partial charge is 0.279 e. The standard InChI is InChI=1S/C34H34N8O2/c1-2-34(11-4-12-35-18-34)31-26(16-38-41-31)28-14-25-30(36-19-37-32(25)40-28)24-5-3-6-29(27(24)17-43)42-33(44)23-10-9-21(20-7-8-20)13-22(23)15-39-42/h3,5-6,9-10,13-16,19-20,35,43H,2,4,7-8,11-12,17-18H2,1H3,(H,38,41)(H,36,37,40)/t34-/m1/s1. The van der Waals surface area contributed by atoms with Crippen molar-refractivity contribution in [1.82, 2.24) is 40.2 Å². The van der Waals surface area contributed by atoms with Gasteiger partial charge in [0.15, 0.2) is 0 Å². The number of H-pyrrole nitrogens is 2. The van der Waals surface area contributed by atoms with Crippen molar-refractivity contribution in [3.05, 3.63) is 88.4 Å². The summed E-state index contributed by atoms with van der Waals surface area (Å²) in [5, 5.41) is 28.8.